The van der Waals surface area contributed by atoms with Crippen LogP contribution in [0.2, 0.25) is 0 Å². The zero-order chi connectivity index (χ0) is 31.1. The molecule has 0 heteroatoms. The quantitative estimate of drug-likeness (QED) is 0.278. The van der Waals surface area contributed by atoms with Crippen molar-refractivity contribution in [3.63, 3.8) is 0 Å². The van der Waals surface area contributed by atoms with Crippen molar-refractivity contribution in [2.24, 2.45) is 99.1 Å². The predicted octanol–water partition coefficient (Wildman–Crippen LogP) is 13.4. The summed E-state index contributed by atoms with van der Waals surface area (Å²) in [6, 6.07) is 0. The molecule has 14 atom stereocenters. The van der Waals surface area contributed by atoms with Crippen LogP contribution < -0.4 is 0 Å². The SMILES string of the molecule is CCC(C)(CC)C1CC(C(C)(CC)CC)CC2(C1)C1CCC3CCCCC3C1C1C3CC4CC5CCCCC5CC4C3CCC12. The van der Waals surface area contributed by atoms with Gasteiger partial charge in [0, 0.05) is 0 Å². The zero-order valence-corrected chi connectivity index (χ0v) is 31.1. The van der Waals surface area contributed by atoms with Gasteiger partial charge in [-0.3, -0.25) is 0 Å². The number of hydrogen-bond donors (Lipinski definition) is 0. The van der Waals surface area contributed by atoms with Gasteiger partial charge in [-0.1, -0.05) is 112 Å². The van der Waals surface area contributed by atoms with Crippen LogP contribution in [0.3, 0.4) is 0 Å². The first kappa shape index (κ1) is 32.2. The maximum absolute atomic E-state index is 2.75. The molecule has 0 bridgehead atoms. The average molecular weight is 617 g/mol. The standard InChI is InChI=1S/C45H76/c1-7-43(5,8-2)33-26-34(44(6,9-3)10-4)28-45(27-33)39-21-19-29-15-13-14-18-35(29)41(39)42-38-25-32-23-30-16-11-12-17-31(30)24-37(32)36(38)20-22-40(42)45/h29-42H,7-28H2,1-6H3. The summed E-state index contributed by atoms with van der Waals surface area (Å²) in [5.41, 5.74) is 1.76. The predicted molar refractivity (Wildman–Crippen MR) is 192 cm³/mol. The minimum absolute atomic E-state index is 0.541. The maximum atomic E-state index is 2.75. The summed E-state index contributed by atoms with van der Waals surface area (Å²) in [4.78, 5) is 0. The van der Waals surface area contributed by atoms with Gasteiger partial charge in [0.05, 0.1) is 0 Å². The van der Waals surface area contributed by atoms with Crippen LogP contribution in [0.25, 0.3) is 0 Å². The monoisotopic (exact) mass is 617 g/mol. The van der Waals surface area contributed by atoms with Gasteiger partial charge >= 0.3 is 0 Å². The van der Waals surface area contributed by atoms with E-state index in [1.54, 1.807) is 116 Å². The lowest BCUT2D eigenvalue weighted by atomic mass is 9.46. The zero-order valence-electron chi connectivity index (χ0n) is 31.1. The van der Waals surface area contributed by atoms with Gasteiger partial charge < -0.3 is 0 Å². The van der Waals surface area contributed by atoms with Crippen LogP contribution in [0.15, 0.2) is 0 Å². The minimum atomic E-state index is 0.541. The number of rotatable bonds is 6. The normalized spacial score (nSPS) is 51.1. The minimum Gasteiger partial charge on any atom is -0.0649 e. The largest absolute Gasteiger partial charge is 0.0649 e. The second kappa shape index (κ2) is 12.1. The first-order valence-electron chi connectivity index (χ1n) is 21.8. The molecule has 8 saturated carbocycles. The molecule has 0 radical (unpaired) electrons. The van der Waals surface area contributed by atoms with Crippen molar-refractivity contribution in [3.8, 4) is 0 Å². The lowest BCUT2D eigenvalue weighted by molar-refractivity contribution is -0.0910. The molecular weight excluding hydrogens is 540 g/mol. The van der Waals surface area contributed by atoms with E-state index in [-0.39, 0.29) is 0 Å². The smallest absolute Gasteiger partial charge is 0.0230 e. The molecule has 256 valence electrons. The summed E-state index contributed by atoms with van der Waals surface area (Å²) < 4.78 is 0. The lowest BCUT2D eigenvalue weighted by Gasteiger charge is -2.58. The van der Waals surface area contributed by atoms with Crippen molar-refractivity contribution in [1.82, 2.24) is 0 Å². The first-order valence-corrected chi connectivity index (χ1v) is 21.8. The van der Waals surface area contributed by atoms with Crippen LogP contribution in [0.5, 0.6) is 0 Å². The second-order valence-electron chi connectivity index (χ2n) is 20.5. The summed E-state index contributed by atoms with van der Waals surface area (Å²) in [6.07, 6.45) is 34.6. The number of fused-ring (bicyclic) bond motifs is 12. The molecule has 8 rings (SSSR count). The van der Waals surface area contributed by atoms with Crippen molar-refractivity contribution >= 4 is 0 Å². The molecule has 8 aliphatic rings. The van der Waals surface area contributed by atoms with E-state index in [2.05, 4.69) is 41.5 Å². The molecule has 0 saturated heterocycles. The highest BCUT2D eigenvalue weighted by atomic mass is 14.7. The third kappa shape index (κ3) is 4.89. The summed E-state index contributed by atoms with van der Waals surface area (Å²) in [5, 5.41) is 0. The topological polar surface area (TPSA) is 0 Å². The van der Waals surface area contributed by atoms with Crippen molar-refractivity contribution in [3.05, 3.63) is 0 Å². The van der Waals surface area contributed by atoms with Crippen LogP contribution in [0.4, 0.5) is 0 Å². The Morgan fingerprint density at radius 2 is 0.956 bits per heavy atom. The fourth-order valence-corrected chi connectivity index (χ4v) is 16.9. The van der Waals surface area contributed by atoms with Crippen LogP contribution in [-0.4, -0.2) is 0 Å². The van der Waals surface area contributed by atoms with Gasteiger partial charge in [0.15, 0.2) is 0 Å². The first-order chi connectivity index (χ1) is 21.8. The molecule has 0 heterocycles. The van der Waals surface area contributed by atoms with Gasteiger partial charge in [0.25, 0.3) is 0 Å². The van der Waals surface area contributed by atoms with Crippen LogP contribution in [0, 0.1) is 99.1 Å². The van der Waals surface area contributed by atoms with Gasteiger partial charge in [-0.2, -0.15) is 0 Å². The second-order valence-corrected chi connectivity index (χ2v) is 20.5. The maximum Gasteiger partial charge on any atom is -0.0230 e. The molecule has 45 heavy (non-hydrogen) atoms. The third-order valence-corrected chi connectivity index (χ3v) is 20.0. The van der Waals surface area contributed by atoms with Gasteiger partial charge in [-0.15, -0.1) is 0 Å². The van der Waals surface area contributed by atoms with Gasteiger partial charge in [0.2, 0.25) is 0 Å². The molecule has 14 unspecified atom stereocenters. The van der Waals surface area contributed by atoms with Gasteiger partial charge in [0.1, 0.15) is 0 Å². The molecule has 8 aliphatic carbocycles. The Hall–Kier alpha value is 0. The van der Waals surface area contributed by atoms with E-state index in [9.17, 15) is 0 Å². The van der Waals surface area contributed by atoms with Crippen molar-refractivity contribution < 1.29 is 0 Å². The Bertz CT molecular complexity index is 1000. The highest BCUT2D eigenvalue weighted by Gasteiger charge is 2.69. The Balaban J connectivity index is 1.20. The molecule has 0 nitrogen and oxygen atoms in total. The molecule has 0 aromatic heterocycles. The molecule has 0 aromatic rings. The summed E-state index contributed by atoms with van der Waals surface area (Å²) in [6.45, 7) is 15.8. The summed E-state index contributed by atoms with van der Waals surface area (Å²) in [5.74, 6) is 15.3. The van der Waals surface area contributed by atoms with E-state index < -0.39 is 0 Å². The van der Waals surface area contributed by atoms with Crippen LogP contribution in [-0.2, 0) is 0 Å². The van der Waals surface area contributed by atoms with E-state index >= 15 is 0 Å². The van der Waals surface area contributed by atoms with E-state index in [4.69, 9.17) is 0 Å². The lowest BCUT2D eigenvalue weighted by Crippen LogP contribution is -2.50. The molecule has 0 amide bonds. The molecular formula is C45H76. The molecule has 8 fully saturated rings. The Labute approximate surface area is 281 Å². The Morgan fingerprint density at radius 3 is 1.58 bits per heavy atom. The highest BCUT2D eigenvalue weighted by molar-refractivity contribution is 5.18. The summed E-state index contributed by atoms with van der Waals surface area (Å²) >= 11 is 0. The molecule has 1 spiro atoms. The van der Waals surface area contributed by atoms with Crippen molar-refractivity contribution in [2.45, 2.75) is 183 Å². The molecule has 0 aliphatic heterocycles. The fourth-order valence-electron chi connectivity index (χ4n) is 16.9. The van der Waals surface area contributed by atoms with Crippen molar-refractivity contribution in [1.29, 1.82) is 0 Å². The van der Waals surface area contributed by atoms with E-state index in [1.807, 2.05) is 0 Å². The van der Waals surface area contributed by atoms with E-state index in [1.165, 1.54) is 25.7 Å². The average Bonchev–Trinajstić information content (AvgIpc) is 3.58. The van der Waals surface area contributed by atoms with E-state index in [0.29, 0.717) is 16.2 Å². The fraction of sp³-hybridized carbons (Fsp3) is 1.00. The van der Waals surface area contributed by atoms with Crippen LogP contribution >= 0.6 is 0 Å². The van der Waals surface area contributed by atoms with E-state index in [0.717, 1.165) is 82.9 Å². The Kier molecular flexibility index (Phi) is 8.66. The third-order valence-electron chi connectivity index (χ3n) is 20.0. The van der Waals surface area contributed by atoms with Crippen LogP contribution in [0.1, 0.15) is 183 Å². The summed E-state index contributed by atoms with van der Waals surface area (Å²) in [7, 11) is 0. The Morgan fingerprint density at radius 1 is 0.444 bits per heavy atom. The number of hydrogen-bond acceptors (Lipinski definition) is 0. The molecule has 0 aromatic carbocycles. The van der Waals surface area contributed by atoms with Crippen molar-refractivity contribution in [2.75, 3.05) is 0 Å². The highest BCUT2D eigenvalue weighted by Crippen LogP contribution is 2.77. The van der Waals surface area contributed by atoms with Gasteiger partial charge in [-0.05, 0) is 170 Å². The molecule has 0 N–H and O–H groups in total. The van der Waals surface area contributed by atoms with Gasteiger partial charge in [-0.25, -0.2) is 0 Å².